The summed E-state index contributed by atoms with van der Waals surface area (Å²) in [4.78, 5) is 4.45. The van der Waals surface area contributed by atoms with Gasteiger partial charge in [0.1, 0.15) is 10.7 Å². The molecule has 0 aliphatic rings. The molecule has 0 radical (unpaired) electrons. The quantitative estimate of drug-likeness (QED) is 0.355. The Hall–Kier alpha value is -3.19. The number of benzene rings is 3. The van der Waals surface area contributed by atoms with E-state index in [0.717, 1.165) is 16.8 Å². The largest absolute Gasteiger partial charge is 0.340 e. The van der Waals surface area contributed by atoms with E-state index in [1.165, 1.54) is 10.5 Å². The summed E-state index contributed by atoms with van der Waals surface area (Å²) in [5.41, 5.74) is 2.65. The van der Waals surface area contributed by atoms with Crippen LogP contribution in [0.15, 0.2) is 108 Å². The summed E-state index contributed by atoms with van der Waals surface area (Å²) in [6.45, 7) is 0.533. The van der Waals surface area contributed by atoms with Gasteiger partial charge in [-0.25, -0.2) is 13.4 Å². The van der Waals surface area contributed by atoms with E-state index in [4.69, 9.17) is 11.6 Å². The molecule has 32 heavy (non-hydrogen) atoms. The van der Waals surface area contributed by atoms with Crippen molar-refractivity contribution >= 4 is 33.1 Å². The molecule has 1 aromatic heterocycles. The number of hydrogen-bond donors (Lipinski definition) is 1. The Bertz CT molecular complexity index is 1210. The van der Waals surface area contributed by atoms with Gasteiger partial charge >= 0.3 is 0 Å². The fourth-order valence-corrected chi connectivity index (χ4v) is 4.73. The molecule has 7 heteroatoms. The zero-order valence-corrected chi connectivity index (χ0v) is 18.8. The van der Waals surface area contributed by atoms with Gasteiger partial charge in [0.2, 0.25) is 10.0 Å². The van der Waals surface area contributed by atoms with Crippen molar-refractivity contribution in [2.75, 3.05) is 5.32 Å². The highest BCUT2D eigenvalue weighted by Gasteiger charge is 2.25. The Labute approximate surface area is 193 Å². The SMILES string of the molecule is O=S(=O)(c1ccc(Nc2ccc(Cl)cc2)nc1)N(Cc1ccccc1)Cc1ccccc1. The third-order valence-corrected chi connectivity index (χ3v) is 6.92. The van der Waals surface area contributed by atoms with Gasteiger partial charge in [-0.15, -0.1) is 0 Å². The molecule has 0 aliphatic heterocycles. The first-order chi connectivity index (χ1) is 15.5. The third-order valence-electron chi connectivity index (χ3n) is 4.89. The van der Waals surface area contributed by atoms with Crippen LogP contribution in [0.1, 0.15) is 11.1 Å². The molecule has 4 aromatic rings. The first kappa shape index (κ1) is 22.0. The van der Waals surface area contributed by atoms with Gasteiger partial charge in [-0.1, -0.05) is 72.3 Å². The summed E-state index contributed by atoms with van der Waals surface area (Å²) in [5.74, 6) is 0.545. The molecule has 162 valence electrons. The average molecular weight is 464 g/mol. The lowest BCUT2D eigenvalue weighted by atomic mass is 10.2. The van der Waals surface area contributed by atoms with E-state index in [1.54, 1.807) is 24.3 Å². The van der Waals surface area contributed by atoms with Crippen molar-refractivity contribution in [3.63, 3.8) is 0 Å². The number of hydrogen-bond acceptors (Lipinski definition) is 4. The summed E-state index contributed by atoms with van der Waals surface area (Å²) < 4.78 is 28.5. The topological polar surface area (TPSA) is 62.3 Å². The first-order valence-electron chi connectivity index (χ1n) is 10.1. The van der Waals surface area contributed by atoms with E-state index >= 15 is 0 Å². The van der Waals surface area contributed by atoms with Crippen LogP contribution in [0.3, 0.4) is 0 Å². The van der Waals surface area contributed by atoms with Crippen molar-refractivity contribution in [2.45, 2.75) is 18.0 Å². The molecule has 0 bridgehead atoms. The average Bonchev–Trinajstić information content (AvgIpc) is 2.82. The van der Waals surface area contributed by atoms with Crippen LogP contribution < -0.4 is 5.32 Å². The molecule has 0 spiro atoms. The zero-order chi connectivity index (χ0) is 22.4. The lowest BCUT2D eigenvalue weighted by Gasteiger charge is -2.22. The highest BCUT2D eigenvalue weighted by atomic mass is 35.5. The lowest BCUT2D eigenvalue weighted by molar-refractivity contribution is 0.401. The van der Waals surface area contributed by atoms with Crippen molar-refractivity contribution in [1.29, 1.82) is 0 Å². The molecule has 0 saturated heterocycles. The zero-order valence-electron chi connectivity index (χ0n) is 17.2. The molecule has 4 rings (SSSR count). The molecule has 3 aromatic carbocycles. The van der Waals surface area contributed by atoms with E-state index in [1.807, 2.05) is 72.8 Å². The minimum Gasteiger partial charge on any atom is -0.340 e. The number of sulfonamides is 1. The van der Waals surface area contributed by atoms with E-state index in [2.05, 4.69) is 10.3 Å². The summed E-state index contributed by atoms with van der Waals surface area (Å²) in [5, 5.41) is 3.78. The van der Waals surface area contributed by atoms with E-state index in [0.29, 0.717) is 10.8 Å². The van der Waals surface area contributed by atoms with Crippen LogP contribution in [0.2, 0.25) is 5.02 Å². The summed E-state index contributed by atoms with van der Waals surface area (Å²) in [6.07, 6.45) is 1.39. The molecule has 0 fully saturated rings. The second kappa shape index (κ2) is 9.96. The third kappa shape index (κ3) is 5.53. The predicted octanol–water partition coefficient (Wildman–Crippen LogP) is 5.87. The Morgan fingerprint density at radius 2 is 1.31 bits per heavy atom. The number of aromatic nitrogens is 1. The second-order valence-electron chi connectivity index (χ2n) is 7.26. The molecule has 1 N–H and O–H groups in total. The number of pyridine rings is 1. The second-order valence-corrected chi connectivity index (χ2v) is 9.63. The van der Waals surface area contributed by atoms with Crippen LogP contribution in [-0.2, 0) is 23.1 Å². The van der Waals surface area contributed by atoms with Gasteiger partial charge in [0.05, 0.1) is 0 Å². The van der Waals surface area contributed by atoms with Crippen LogP contribution in [0, 0.1) is 0 Å². The molecule has 0 saturated carbocycles. The van der Waals surface area contributed by atoms with Crippen molar-refractivity contribution in [3.8, 4) is 0 Å². The minimum atomic E-state index is -3.77. The first-order valence-corrected chi connectivity index (χ1v) is 11.9. The van der Waals surface area contributed by atoms with Crippen LogP contribution in [-0.4, -0.2) is 17.7 Å². The van der Waals surface area contributed by atoms with E-state index in [-0.39, 0.29) is 18.0 Å². The number of anilines is 2. The molecule has 0 atom stereocenters. The van der Waals surface area contributed by atoms with E-state index < -0.39 is 10.0 Å². The number of nitrogens with one attached hydrogen (secondary N) is 1. The Morgan fingerprint density at radius 3 is 1.81 bits per heavy atom. The Morgan fingerprint density at radius 1 is 0.750 bits per heavy atom. The van der Waals surface area contributed by atoms with Crippen molar-refractivity contribution in [2.24, 2.45) is 0 Å². The van der Waals surface area contributed by atoms with Crippen molar-refractivity contribution in [3.05, 3.63) is 119 Å². The van der Waals surface area contributed by atoms with Gasteiger partial charge in [0.15, 0.2) is 0 Å². The Kier molecular flexibility index (Phi) is 6.85. The van der Waals surface area contributed by atoms with Gasteiger partial charge in [-0.2, -0.15) is 4.31 Å². The van der Waals surface area contributed by atoms with Gasteiger partial charge in [0, 0.05) is 30.0 Å². The fourth-order valence-electron chi connectivity index (χ4n) is 3.24. The number of halogens is 1. The van der Waals surface area contributed by atoms with Crippen molar-refractivity contribution in [1.82, 2.24) is 9.29 Å². The molecule has 1 heterocycles. The Balaban J connectivity index is 1.58. The van der Waals surface area contributed by atoms with Crippen LogP contribution in [0.5, 0.6) is 0 Å². The van der Waals surface area contributed by atoms with Crippen LogP contribution in [0.4, 0.5) is 11.5 Å². The highest BCUT2D eigenvalue weighted by molar-refractivity contribution is 7.89. The number of rotatable bonds is 8. The van der Waals surface area contributed by atoms with Crippen LogP contribution >= 0.6 is 11.6 Å². The van der Waals surface area contributed by atoms with Crippen molar-refractivity contribution < 1.29 is 8.42 Å². The predicted molar refractivity (Wildman–Crippen MR) is 128 cm³/mol. The molecular formula is C25H22ClN3O2S. The summed E-state index contributed by atoms with van der Waals surface area (Å²) in [6, 6.07) is 29.6. The molecular weight excluding hydrogens is 442 g/mol. The lowest BCUT2D eigenvalue weighted by Crippen LogP contribution is -2.30. The van der Waals surface area contributed by atoms with Gasteiger partial charge in [-0.05, 0) is 47.5 Å². The summed E-state index contributed by atoms with van der Waals surface area (Å²) >= 11 is 5.92. The molecule has 0 amide bonds. The minimum absolute atomic E-state index is 0.144. The highest BCUT2D eigenvalue weighted by Crippen LogP contribution is 2.23. The monoisotopic (exact) mass is 463 g/mol. The fraction of sp³-hybridized carbons (Fsp3) is 0.0800. The van der Waals surface area contributed by atoms with Crippen LogP contribution in [0.25, 0.3) is 0 Å². The van der Waals surface area contributed by atoms with Gasteiger partial charge in [0.25, 0.3) is 0 Å². The molecule has 0 unspecified atom stereocenters. The maximum atomic E-state index is 13.5. The molecule has 5 nitrogen and oxygen atoms in total. The van der Waals surface area contributed by atoms with E-state index in [9.17, 15) is 8.42 Å². The maximum absolute atomic E-state index is 13.5. The molecule has 0 aliphatic carbocycles. The standard InChI is InChI=1S/C25H22ClN3O2S/c26-22-11-13-23(14-12-22)28-25-16-15-24(17-27-25)32(30,31)29(18-20-7-3-1-4-8-20)19-21-9-5-2-6-10-21/h1-17H,18-19H2,(H,27,28). The number of nitrogens with zero attached hydrogens (tertiary/aromatic N) is 2. The summed E-state index contributed by atoms with van der Waals surface area (Å²) in [7, 11) is -3.77. The normalized spacial score (nSPS) is 11.4. The maximum Gasteiger partial charge on any atom is 0.245 e. The smallest absolute Gasteiger partial charge is 0.245 e. The van der Waals surface area contributed by atoms with Gasteiger partial charge < -0.3 is 5.32 Å². The van der Waals surface area contributed by atoms with Gasteiger partial charge in [-0.3, -0.25) is 0 Å².